The van der Waals surface area contributed by atoms with Gasteiger partial charge < -0.3 is 4.74 Å². The first-order valence-corrected chi connectivity index (χ1v) is 5.80. The first kappa shape index (κ1) is 12.0. The lowest BCUT2D eigenvalue weighted by Gasteiger charge is -2.29. The number of rotatable bonds is 2. The third-order valence-corrected chi connectivity index (χ3v) is 3.12. The van der Waals surface area contributed by atoms with E-state index in [1.165, 1.54) is 19.2 Å². The molecule has 0 aliphatic carbocycles. The Kier molecular flexibility index (Phi) is 3.74. The summed E-state index contributed by atoms with van der Waals surface area (Å²) in [4.78, 5) is 11.5. The van der Waals surface area contributed by atoms with Gasteiger partial charge in [0.2, 0.25) is 0 Å². The highest BCUT2D eigenvalue weighted by atomic mass is 19.1. The molecule has 0 unspecified atom stereocenters. The topological polar surface area (TPSA) is 38.3 Å². The number of halogens is 1. The van der Waals surface area contributed by atoms with Gasteiger partial charge in [-0.3, -0.25) is 10.1 Å². The van der Waals surface area contributed by atoms with Gasteiger partial charge >= 0.3 is 5.97 Å². The van der Waals surface area contributed by atoms with Crippen LogP contribution < -0.4 is 5.32 Å². The Morgan fingerprint density at radius 1 is 1.47 bits per heavy atom. The third-order valence-electron chi connectivity index (χ3n) is 3.12. The molecular weight excluding hydrogens is 221 g/mol. The van der Waals surface area contributed by atoms with Crippen LogP contribution in [0.5, 0.6) is 0 Å². The first-order chi connectivity index (χ1) is 8.20. The van der Waals surface area contributed by atoms with E-state index >= 15 is 0 Å². The summed E-state index contributed by atoms with van der Waals surface area (Å²) in [5, 5.41) is 3.21. The van der Waals surface area contributed by atoms with Crippen molar-refractivity contribution in [2.45, 2.75) is 31.3 Å². The maximum absolute atomic E-state index is 13.1. The van der Waals surface area contributed by atoms with E-state index in [0.717, 1.165) is 24.8 Å². The Balaban J connectivity index is 2.09. The summed E-state index contributed by atoms with van der Waals surface area (Å²) in [5.41, 5.74) is 0.888. The van der Waals surface area contributed by atoms with Crippen molar-refractivity contribution in [3.8, 4) is 0 Å². The van der Waals surface area contributed by atoms with Crippen molar-refractivity contribution in [1.29, 1.82) is 0 Å². The molecule has 1 aliphatic heterocycles. The number of nitrogens with one attached hydrogen (secondary N) is 1. The molecule has 1 fully saturated rings. The number of hydrogen-bond donors (Lipinski definition) is 1. The Hall–Kier alpha value is -1.42. The average Bonchev–Trinajstić information content (AvgIpc) is 2.38. The van der Waals surface area contributed by atoms with E-state index in [1.54, 1.807) is 6.07 Å². The minimum Gasteiger partial charge on any atom is -0.468 e. The molecule has 0 amide bonds. The van der Waals surface area contributed by atoms with Crippen LogP contribution in [0, 0.1) is 5.82 Å². The lowest BCUT2D eigenvalue weighted by molar-refractivity contribution is -0.144. The SMILES string of the molecule is COC(=O)[C@H]1CCC[C@@H](c2cccc(F)c2)N1. The van der Waals surface area contributed by atoms with E-state index in [4.69, 9.17) is 4.74 Å². The van der Waals surface area contributed by atoms with Crippen LogP contribution in [0.2, 0.25) is 0 Å². The highest BCUT2D eigenvalue weighted by Crippen LogP contribution is 2.26. The van der Waals surface area contributed by atoms with Crippen LogP contribution in [0.3, 0.4) is 0 Å². The number of ether oxygens (including phenoxy) is 1. The number of carbonyl (C=O) groups excluding carboxylic acids is 1. The number of hydrogen-bond acceptors (Lipinski definition) is 3. The third kappa shape index (κ3) is 2.82. The van der Waals surface area contributed by atoms with Crippen LogP contribution in [0.1, 0.15) is 30.9 Å². The molecule has 17 heavy (non-hydrogen) atoms. The van der Waals surface area contributed by atoms with Gasteiger partial charge in [-0.1, -0.05) is 12.1 Å². The van der Waals surface area contributed by atoms with E-state index in [2.05, 4.69) is 5.32 Å². The number of piperidine rings is 1. The summed E-state index contributed by atoms with van der Waals surface area (Å²) in [7, 11) is 1.38. The van der Waals surface area contributed by atoms with Gasteiger partial charge in [0.25, 0.3) is 0 Å². The zero-order chi connectivity index (χ0) is 12.3. The van der Waals surface area contributed by atoms with Gasteiger partial charge in [0, 0.05) is 6.04 Å². The minimum atomic E-state index is -0.276. The highest BCUT2D eigenvalue weighted by Gasteiger charge is 2.27. The molecule has 0 spiro atoms. The Morgan fingerprint density at radius 2 is 2.29 bits per heavy atom. The van der Waals surface area contributed by atoms with Crippen LogP contribution >= 0.6 is 0 Å². The molecule has 2 rings (SSSR count). The van der Waals surface area contributed by atoms with Gasteiger partial charge in [-0.2, -0.15) is 0 Å². The molecule has 2 atom stereocenters. The van der Waals surface area contributed by atoms with Crippen LogP contribution in [-0.4, -0.2) is 19.1 Å². The maximum atomic E-state index is 13.1. The monoisotopic (exact) mass is 237 g/mol. The summed E-state index contributed by atoms with van der Waals surface area (Å²) in [6.07, 6.45) is 2.63. The number of carbonyl (C=O) groups is 1. The second-order valence-electron chi connectivity index (χ2n) is 4.28. The molecule has 1 N–H and O–H groups in total. The minimum absolute atomic E-state index is 0.0311. The maximum Gasteiger partial charge on any atom is 0.322 e. The molecule has 92 valence electrons. The molecule has 0 radical (unpaired) electrons. The van der Waals surface area contributed by atoms with Crippen LogP contribution in [0.15, 0.2) is 24.3 Å². The standard InChI is InChI=1S/C13H16FNO2/c1-17-13(16)12-7-3-6-11(15-12)9-4-2-5-10(14)8-9/h2,4-5,8,11-12,15H,3,6-7H2,1H3/t11-,12+/m0/s1. The van der Waals surface area contributed by atoms with Crippen molar-refractivity contribution >= 4 is 5.97 Å². The predicted molar refractivity (Wildman–Crippen MR) is 61.9 cm³/mol. The molecule has 1 aromatic carbocycles. The van der Waals surface area contributed by atoms with Crippen molar-refractivity contribution in [2.24, 2.45) is 0 Å². The van der Waals surface area contributed by atoms with Gasteiger partial charge in [-0.05, 0) is 37.0 Å². The molecule has 0 saturated carbocycles. The predicted octanol–water partition coefficient (Wildman–Crippen LogP) is 2.18. The molecule has 4 heteroatoms. The van der Waals surface area contributed by atoms with Crippen molar-refractivity contribution < 1.29 is 13.9 Å². The smallest absolute Gasteiger partial charge is 0.322 e. The fourth-order valence-corrected chi connectivity index (χ4v) is 2.25. The summed E-state index contributed by atoms with van der Waals surface area (Å²) < 4.78 is 17.8. The summed E-state index contributed by atoms with van der Waals surface area (Å²) in [5.74, 6) is -0.490. The Morgan fingerprint density at radius 3 is 3.00 bits per heavy atom. The summed E-state index contributed by atoms with van der Waals surface area (Å²) >= 11 is 0. The van der Waals surface area contributed by atoms with Gasteiger partial charge in [0.1, 0.15) is 11.9 Å². The quantitative estimate of drug-likeness (QED) is 0.801. The zero-order valence-corrected chi connectivity index (χ0v) is 9.78. The van der Waals surface area contributed by atoms with Gasteiger partial charge in [0.05, 0.1) is 7.11 Å². The molecule has 0 aromatic heterocycles. The van der Waals surface area contributed by atoms with Gasteiger partial charge in [-0.25, -0.2) is 4.39 Å². The molecule has 3 nitrogen and oxygen atoms in total. The average molecular weight is 237 g/mol. The van der Waals surface area contributed by atoms with Crippen molar-refractivity contribution in [2.75, 3.05) is 7.11 Å². The van der Waals surface area contributed by atoms with Crippen molar-refractivity contribution in [3.63, 3.8) is 0 Å². The van der Waals surface area contributed by atoms with E-state index in [9.17, 15) is 9.18 Å². The second-order valence-corrected chi connectivity index (χ2v) is 4.28. The van der Waals surface area contributed by atoms with Crippen LogP contribution in [0.25, 0.3) is 0 Å². The lowest BCUT2D eigenvalue weighted by atomic mass is 9.93. The molecular formula is C13H16FNO2. The van der Waals surface area contributed by atoms with Crippen molar-refractivity contribution in [3.05, 3.63) is 35.6 Å². The number of esters is 1. The largest absolute Gasteiger partial charge is 0.468 e. The number of methoxy groups -OCH3 is 1. The van der Waals surface area contributed by atoms with E-state index in [1.807, 2.05) is 6.07 Å². The van der Waals surface area contributed by atoms with E-state index in [0.29, 0.717) is 0 Å². The molecule has 0 bridgehead atoms. The molecule has 1 saturated heterocycles. The van der Waals surface area contributed by atoms with Crippen molar-refractivity contribution in [1.82, 2.24) is 5.32 Å². The normalized spacial score (nSPS) is 24.4. The van der Waals surface area contributed by atoms with Crippen LogP contribution in [0.4, 0.5) is 4.39 Å². The Bertz CT molecular complexity index is 408. The fraction of sp³-hybridized carbons (Fsp3) is 0.462. The molecule has 1 heterocycles. The summed E-state index contributed by atoms with van der Waals surface area (Å²) in [6, 6.07) is 6.25. The number of benzene rings is 1. The van der Waals surface area contributed by atoms with E-state index < -0.39 is 0 Å². The fourth-order valence-electron chi connectivity index (χ4n) is 2.25. The highest BCUT2D eigenvalue weighted by molar-refractivity contribution is 5.75. The lowest BCUT2D eigenvalue weighted by Crippen LogP contribution is -2.43. The Labute approximate surface area is 100.0 Å². The first-order valence-electron chi connectivity index (χ1n) is 5.80. The van der Waals surface area contributed by atoms with Crippen LogP contribution in [-0.2, 0) is 9.53 Å². The van der Waals surface area contributed by atoms with Gasteiger partial charge in [-0.15, -0.1) is 0 Å². The second kappa shape index (κ2) is 5.27. The summed E-state index contributed by atoms with van der Waals surface area (Å²) in [6.45, 7) is 0. The van der Waals surface area contributed by atoms with Gasteiger partial charge in [0.15, 0.2) is 0 Å². The zero-order valence-electron chi connectivity index (χ0n) is 9.78. The van der Waals surface area contributed by atoms with E-state index in [-0.39, 0.29) is 23.9 Å². The molecule has 1 aliphatic rings. The molecule has 1 aromatic rings.